The van der Waals surface area contributed by atoms with Crippen LogP contribution in [0, 0.1) is 19.8 Å². The molecule has 116 valence electrons. The van der Waals surface area contributed by atoms with Gasteiger partial charge < -0.3 is 4.74 Å². The average molecular weight is 353 g/mol. The minimum absolute atomic E-state index is 0.164. The highest BCUT2D eigenvalue weighted by Gasteiger charge is 2.44. The van der Waals surface area contributed by atoms with Crippen LogP contribution in [0.2, 0.25) is 0 Å². The summed E-state index contributed by atoms with van der Waals surface area (Å²) >= 11 is 3.65. The fourth-order valence-electron chi connectivity index (χ4n) is 3.93. The summed E-state index contributed by atoms with van der Waals surface area (Å²) in [5, 5.41) is 0. The summed E-state index contributed by atoms with van der Waals surface area (Å²) in [6, 6.07) is 4.73. The predicted octanol–water partition coefficient (Wildman–Crippen LogP) is 3.92. The van der Waals surface area contributed by atoms with Crippen LogP contribution in [0.15, 0.2) is 16.6 Å². The van der Waals surface area contributed by atoms with Crippen molar-refractivity contribution in [3.8, 4) is 0 Å². The lowest BCUT2D eigenvalue weighted by atomic mass is 9.69. The highest BCUT2D eigenvalue weighted by Crippen LogP contribution is 2.47. The van der Waals surface area contributed by atoms with E-state index in [1.165, 1.54) is 40.4 Å². The molecule has 21 heavy (non-hydrogen) atoms. The molecule has 2 unspecified atom stereocenters. The second-order valence-electron chi connectivity index (χ2n) is 6.75. The van der Waals surface area contributed by atoms with Crippen molar-refractivity contribution in [1.82, 2.24) is 5.43 Å². The SMILES string of the molecule is Cc1cc(C(NN)C2CCOC3(CCC3)C2)cc(C)c1Br. The molecular weight excluding hydrogens is 328 g/mol. The maximum Gasteiger partial charge on any atom is 0.0686 e. The van der Waals surface area contributed by atoms with E-state index in [0.717, 1.165) is 19.4 Å². The zero-order chi connectivity index (χ0) is 15.0. The molecule has 1 aromatic carbocycles. The second kappa shape index (κ2) is 5.99. The molecule has 2 aliphatic rings. The van der Waals surface area contributed by atoms with E-state index in [0.29, 0.717) is 5.92 Å². The van der Waals surface area contributed by atoms with Crippen LogP contribution < -0.4 is 11.3 Å². The molecule has 1 spiro atoms. The van der Waals surface area contributed by atoms with Crippen molar-refractivity contribution in [2.75, 3.05) is 6.61 Å². The fraction of sp³-hybridized carbons (Fsp3) is 0.647. The van der Waals surface area contributed by atoms with E-state index in [1.54, 1.807) is 0 Å². The summed E-state index contributed by atoms with van der Waals surface area (Å²) in [4.78, 5) is 0. The maximum absolute atomic E-state index is 6.05. The van der Waals surface area contributed by atoms with E-state index < -0.39 is 0 Å². The number of hydrazine groups is 1. The van der Waals surface area contributed by atoms with Gasteiger partial charge in [0.2, 0.25) is 0 Å². The summed E-state index contributed by atoms with van der Waals surface area (Å²) < 4.78 is 7.25. The third-order valence-electron chi connectivity index (χ3n) is 5.26. The number of nitrogens with two attached hydrogens (primary N) is 1. The summed E-state index contributed by atoms with van der Waals surface area (Å²) in [6.07, 6.45) is 5.98. The van der Waals surface area contributed by atoms with Crippen molar-refractivity contribution in [2.24, 2.45) is 11.8 Å². The number of nitrogens with one attached hydrogen (secondary N) is 1. The Morgan fingerprint density at radius 1 is 1.33 bits per heavy atom. The van der Waals surface area contributed by atoms with E-state index in [1.807, 2.05) is 0 Å². The Kier molecular flexibility index (Phi) is 4.42. The molecule has 1 aliphatic heterocycles. The Morgan fingerprint density at radius 2 is 2.00 bits per heavy atom. The van der Waals surface area contributed by atoms with E-state index in [9.17, 15) is 0 Å². The van der Waals surface area contributed by atoms with E-state index in [2.05, 4.69) is 47.3 Å². The molecule has 1 aliphatic carbocycles. The molecule has 2 fully saturated rings. The monoisotopic (exact) mass is 352 g/mol. The molecule has 1 aromatic rings. The lowest BCUT2D eigenvalue weighted by molar-refractivity contribution is -0.147. The number of rotatable bonds is 3. The highest BCUT2D eigenvalue weighted by molar-refractivity contribution is 9.10. The van der Waals surface area contributed by atoms with Gasteiger partial charge in [-0.3, -0.25) is 11.3 Å². The predicted molar refractivity (Wildman–Crippen MR) is 88.9 cm³/mol. The van der Waals surface area contributed by atoms with E-state index in [4.69, 9.17) is 10.6 Å². The summed E-state index contributed by atoms with van der Waals surface area (Å²) in [7, 11) is 0. The van der Waals surface area contributed by atoms with Crippen LogP contribution in [0.1, 0.15) is 54.8 Å². The van der Waals surface area contributed by atoms with Crippen LogP contribution in [-0.4, -0.2) is 12.2 Å². The third-order valence-corrected chi connectivity index (χ3v) is 6.52. The van der Waals surface area contributed by atoms with Crippen molar-refractivity contribution < 1.29 is 4.74 Å². The van der Waals surface area contributed by atoms with Crippen LogP contribution in [0.5, 0.6) is 0 Å². The van der Waals surface area contributed by atoms with Gasteiger partial charge >= 0.3 is 0 Å². The first-order chi connectivity index (χ1) is 10.0. The van der Waals surface area contributed by atoms with Crippen LogP contribution in [-0.2, 0) is 4.74 Å². The van der Waals surface area contributed by atoms with Gasteiger partial charge in [0.15, 0.2) is 0 Å². The molecule has 1 saturated carbocycles. The second-order valence-corrected chi connectivity index (χ2v) is 7.54. The number of hydrogen-bond acceptors (Lipinski definition) is 3. The number of benzene rings is 1. The maximum atomic E-state index is 6.05. The number of aryl methyl sites for hydroxylation is 2. The molecule has 0 radical (unpaired) electrons. The molecule has 3 N–H and O–H groups in total. The molecule has 0 amide bonds. The minimum Gasteiger partial charge on any atom is -0.375 e. The molecule has 4 heteroatoms. The summed E-state index contributed by atoms with van der Waals surface area (Å²) in [5.74, 6) is 6.48. The number of hydrogen-bond donors (Lipinski definition) is 2. The zero-order valence-electron chi connectivity index (χ0n) is 12.9. The van der Waals surface area contributed by atoms with Gasteiger partial charge in [-0.1, -0.05) is 28.1 Å². The van der Waals surface area contributed by atoms with Crippen molar-refractivity contribution in [1.29, 1.82) is 0 Å². The molecule has 2 atom stereocenters. The smallest absolute Gasteiger partial charge is 0.0686 e. The first-order valence-corrected chi connectivity index (χ1v) is 8.71. The molecule has 0 aromatic heterocycles. The summed E-state index contributed by atoms with van der Waals surface area (Å²) in [5.41, 5.74) is 7.09. The van der Waals surface area contributed by atoms with Crippen LogP contribution >= 0.6 is 15.9 Å². The lowest BCUT2D eigenvalue weighted by Crippen LogP contribution is -2.48. The molecule has 0 bridgehead atoms. The largest absolute Gasteiger partial charge is 0.375 e. The van der Waals surface area contributed by atoms with Gasteiger partial charge in [0.1, 0.15) is 0 Å². The Morgan fingerprint density at radius 3 is 2.52 bits per heavy atom. The quantitative estimate of drug-likeness (QED) is 0.640. The molecule has 3 rings (SSSR count). The number of ether oxygens (including phenoxy) is 1. The Bertz CT molecular complexity index is 505. The van der Waals surface area contributed by atoms with E-state index in [-0.39, 0.29) is 11.6 Å². The van der Waals surface area contributed by atoms with Crippen molar-refractivity contribution >= 4 is 15.9 Å². The molecular formula is C17H25BrN2O. The Labute approximate surface area is 135 Å². The van der Waals surface area contributed by atoms with Crippen LogP contribution in [0.4, 0.5) is 0 Å². The van der Waals surface area contributed by atoms with Gasteiger partial charge in [-0.25, -0.2) is 0 Å². The molecule has 3 nitrogen and oxygen atoms in total. The standard InChI is InChI=1S/C17H25BrN2O/c1-11-8-14(9-12(2)15(11)18)16(20-19)13-4-7-21-17(10-13)5-3-6-17/h8-9,13,16,20H,3-7,10,19H2,1-2H3. The van der Waals surface area contributed by atoms with Crippen molar-refractivity contribution in [3.63, 3.8) is 0 Å². The Hall–Kier alpha value is -0.420. The minimum atomic E-state index is 0.164. The van der Waals surface area contributed by atoms with Crippen LogP contribution in [0.3, 0.4) is 0 Å². The van der Waals surface area contributed by atoms with Gasteiger partial charge in [-0.2, -0.15) is 0 Å². The first kappa shape index (κ1) is 15.5. The highest BCUT2D eigenvalue weighted by atomic mass is 79.9. The van der Waals surface area contributed by atoms with Crippen molar-refractivity contribution in [2.45, 2.75) is 57.6 Å². The Balaban J connectivity index is 1.84. The topological polar surface area (TPSA) is 47.3 Å². The van der Waals surface area contributed by atoms with Crippen LogP contribution in [0.25, 0.3) is 0 Å². The van der Waals surface area contributed by atoms with Gasteiger partial charge in [0, 0.05) is 17.1 Å². The first-order valence-electron chi connectivity index (χ1n) is 7.91. The summed E-state index contributed by atoms with van der Waals surface area (Å²) in [6.45, 7) is 5.16. The van der Waals surface area contributed by atoms with Gasteiger partial charge in [-0.15, -0.1) is 0 Å². The van der Waals surface area contributed by atoms with Gasteiger partial charge in [-0.05, 0) is 68.6 Å². The van der Waals surface area contributed by atoms with Gasteiger partial charge in [0.05, 0.1) is 5.60 Å². The fourth-order valence-corrected chi connectivity index (χ4v) is 4.16. The molecule has 1 saturated heterocycles. The zero-order valence-corrected chi connectivity index (χ0v) is 14.5. The lowest BCUT2D eigenvalue weighted by Gasteiger charge is -2.48. The molecule has 1 heterocycles. The number of halogens is 1. The average Bonchev–Trinajstić information content (AvgIpc) is 2.44. The normalized spacial score (nSPS) is 25.6. The van der Waals surface area contributed by atoms with Crippen molar-refractivity contribution in [3.05, 3.63) is 33.3 Å². The third kappa shape index (κ3) is 2.91. The van der Waals surface area contributed by atoms with Gasteiger partial charge in [0.25, 0.3) is 0 Å². The van der Waals surface area contributed by atoms with E-state index >= 15 is 0 Å².